The number of allylic oxidation sites excluding steroid dienone is 1. The lowest BCUT2D eigenvalue weighted by atomic mass is 10.0. The highest BCUT2D eigenvalue weighted by molar-refractivity contribution is 6.14. The Bertz CT molecular complexity index is 833. The van der Waals surface area contributed by atoms with Gasteiger partial charge in [-0.15, -0.1) is 0 Å². The van der Waals surface area contributed by atoms with Crippen LogP contribution in [0.4, 0.5) is 0 Å². The SMILES string of the molecule is COc1cccc(/C=C(\C#N)C(=O)c2ccc3c(c2)OCO3)c1. The molecule has 0 radical (unpaired) electrons. The summed E-state index contributed by atoms with van der Waals surface area (Å²) in [6.45, 7) is 0.137. The van der Waals surface area contributed by atoms with Crippen molar-refractivity contribution in [3.8, 4) is 23.3 Å². The van der Waals surface area contributed by atoms with Crippen molar-refractivity contribution in [2.45, 2.75) is 0 Å². The Morgan fingerprint density at radius 1 is 1.22 bits per heavy atom. The number of hydrogen-bond acceptors (Lipinski definition) is 5. The summed E-state index contributed by atoms with van der Waals surface area (Å²) >= 11 is 0. The van der Waals surface area contributed by atoms with Crippen LogP contribution in [0.25, 0.3) is 6.08 Å². The first-order valence-corrected chi connectivity index (χ1v) is 6.91. The summed E-state index contributed by atoms with van der Waals surface area (Å²) in [5.74, 6) is 1.39. The molecule has 23 heavy (non-hydrogen) atoms. The Balaban J connectivity index is 1.92. The van der Waals surface area contributed by atoms with Crippen molar-refractivity contribution in [2.24, 2.45) is 0 Å². The average molecular weight is 307 g/mol. The molecule has 0 amide bonds. The van der Waals surface area contributed by atoms with Crippen molar-refractivity contribution < 1.29 is 19.0 Å². The van der Waals surface area contributed by atoms with Crippen LogP contribution in [0.1, 0.15) is 15.9 Å². The topological polar surface area (TPSA) is 68.5 Å². The molecule has 0 unspecified atom stereocenters. The Morgan fingerprint density at radius 3 is 2.83 bits per heavy atom. The van der Waals surface area contributed by atoms with Crippen molar-refractivity contribution >= 4 is 11.9 Å². The summed E-state index contributed by atoms with van der Waals surface area (Å²) in [6, 6.07) is 14.0. The molecule has 0 saturated heterocycles. The fourth-order valence-corrected chi connectivity index (χ4v) is 2.24. The summed E-state index contributed by atoms with van der Waals surface area (Å²) in [6.07, 6.45) is 1.54. The Kier molecular flexibility index (Phi) is 3.98. The Morgan fingerprint density at radius 2 is 2.04 bits per heavy atom. The quantitative estimate of drug-likeness (QED) is 0.493. The van der Waals surface area contributed by atoms with E-state index in [1.165, 1.54) is 6.08 Å². The summed E-state index contributed by atoms with van der Waals surface area (Å²) in [5, 5.41) is 9.31. The van der Waals surface area contributed by atoms with Gasteiger partial charge >= 0.3 is 0 Å². The Labute approximate surface area is 133 Å². The van der Waals surface area contributed by atoms with Gasteiger partial charge in [-0.1, -0.05) is 12.1 Å². The third kappa shape index (κ3) is 3.01. The highest BCUT2D eigenvalue weighted by atomic mass is 16.7. The second-order valence-electron chi connectivity index (χ2n) is 4.84. The normalized spacial score (nSPS) is 12.6. The minimum absolute atomic E-state index is 0.0390. The maximum atomic E-state index is 12.5. The maximum Gasteiger partial charge on any atom is 0.231 e. The van der Waals surface area contributed by atoms with E-state index in [4.69, 9.17) is 14.2 Å². The molecule has 0 spiro atoms. The van der Waals surface area contributed by atoms with Gasteiger partial charge in [0, 0.05) is 5.56 Å². The number of carbonyl (C=O) groups is 1. The minimum Gasteiger partial charge on any atom is -0.497 e. The van der Waals surface area contributed by atoms with Crippen LogP contribution in [0.5, 0.6) is 17.2 Å². The van der Waals surface area contributed by atoms with Crippen LogP contribution in [-0.4, -0.2) is 19.7 Å². The number of ketones is 1. The van der Waals surface area contributed by atoms with Crippen LogP contribution in [0.3, 0.4) is 0 Å². The molecule has 1 aliphatic rings. The van der Waals surface area contributed by atoms with E-state index in [1.54, 1.807) is 49.6 Å². The van der Waals surface area contributed by atoms with Crippen molar-refractivity contribution in [2.75, 3.05) is 13.9 Å². The fourth-order valence-electron chi connectivity index (χ4n) is 2.24. The number of ether oxygens (including phenoxy) is 3. The van der Waals surface area contributed by atoms with Crippen LogP contribution in [0.15, 0.2) is 48.0 Å². The standard InChI is InChI=1S/C18H13NO4/c1-21-15-4-2-3-12(8-15)7-14(10-19)18(20)13-5-6-16-17(9-13)23-11-22-16/h2-9H,11H2,1H3/b14-7+. The molecule has 0 N–H and O–H groups in total. The van der Waals surface area contributed by atoms with E-state index >= 15 is 0 Å². The number of hydrogen-bond donors (Lipinski definition) is 0. The number of Topliss-reactive ketones (excluding diaryl/α,β-unsaturated/α-hetero) is 1. The molecular formula is C18H13NO4. The van der Waals surface area contributed by atoms with Crippen molar-refractivity contribution in [3.63, 3.8) is 0 Å². The van der Waals surface area contributed by atoms with E-state index < -0.39 is 0 Å². The van der Waals surface area contributed by atoms with Gasteiger partial charge in [0.25, 0.3) is 0 Å². The monoisotopic (exact) mass is 307 g/mol. The van der Waals surface area contributed by atoms with Crippen LogP contribution < -0.4 is 14.2 Å². The van der Waals surface area contributed by atoms with Gasteiger partial charge in [0.2, 0.25) is 12.6 Å². The van der Waals surface area contributed by atoms with Crippen molar-refractivity contribution in [1.29, 1.82) is 5.26 Å². The first-order valence-electron chi connectivity index (χ1n) is 6.91. The van der Waals surface area contributed by atoms with Gasteiger partial charge in [0.15, 0.2) is 11.5 Å². The number of carbonyl (C=O) groups excluding carboxylic acids is 1. The number of benzene rings is 2. The number of fused-ring (bicyclic) bond motifs is 1. The fraction of sp³-hybridized carbons (Fsp3) is 0.111. The van der Waals surface area contributed by atoms with E-state index in [2.05, 4.69) is 0 Å². The molecule has 0 atom stereocenters. The molecule has 114 valence electrons. The van der Waals surface area contributed by atoms with E-state index in [-0.39, 0.29) is 18.1 Å². The minimum atomic E-state index is -0.367. The summed E-state index contributed by atoms with van der Waals surface area (Å²) < 4.78 is 15.6. The van der Waals surface area contributed by atoms with Gasteiger partial charge < -0.3 is 14.2 Å². The zero-order valence-corrected chi connectivity index (χ0v) is 12.4. The Hall–Kier alpha value is -3.26. The summed E-state index contributed by atoms with van der Waals surface area (Å²) in [7, 11) is 1.56. The van der Waals surface area contributed by atoms with E-state index in [0.29, 0.717) is 22.8 Å². The highest BCUT2D eigenvalue weighted by Gasteiger charge is 2.18. The van der Waals surface area contributed by atoms with Gasteiger partial charge in [-0.05, 0) is 42.0 Å². The maximum absolute atomic E-state index is 12.5. The average Bonchev–Trinajstić information content (AvgIpc) is 3.07. The molecular weight excluding hydrogens is 294 g/mol. The van der Waals surface area contributed by atoms with Crippen LogP contribution >= 0.6 is 0 Å². The number of nitriles is 1. The molecule has 0 bridgehead atoms. The molecule has 1 heterocycles. The predicted octanol–water partition coefficient (Wildman–Crippen LogP) is 3.21. The first-order chi connectivity index (χ1) is 11.2. The molecule has 0 aliphatic carbocycles. The van der Waals surface area contributed by atoms with Crippen molar-refractivity contribution in [3.05, 3.63) is 59.2 Å². The molecule has 3 rings (SSSR count). The van der Waals surface area contributed by atoms with Gasteiger partial charge in [0.1, 0.15) is 17.4 Å². The molecule has 2 aromatic rings. The van der Waals surface area contributed by atoms with Crippen LogP contribution in [0, 0.1) is 11.3 Å². The largest absolute Gasteiger partial charge is 0.497 e. The lowest BCUT2D eigenvalue weighted by Crippen LogP contribution is -2.02. The van der Waals surface area contributed by atoms with Crippen LogP contribution in [0.2, 0.25) is 0 Å². The number of nitrogens with zero attached hydrogens (tertiary/aromatic N) is 1. The second-order valence-corrected chi connectivity index (χ2v) is 4.84. The van der Waals surface area contributed by atoms with Gasteiger partial charge in [-0.25, -0.2) is 0 Å². The smallest absolute Gasteiger partial charge is 0.231 e. The lowest BCUT2D eigenvalue weighted by molar-refractivity contribution is 0.103. The molecule has 5 nitrogen and oxygen atoms in total. The zero-order valence-electron chi connectivity index (χ0n) is 12.4. The third-order valence-corrected chi connectivity index (χ3v) is 3.40. The van der Waals surface area contributed by atoms with Crippen molar-refractivity contribution in [1.82, 2.24) is 0 Å². The van der Waals surface area contributed by atoms with Gasteiger partial charge in [0.05, 0.1) is 7.11 Å². The molecule has 2 aromatic carbocycles. The highest BCUT2D eigenvalue weighted by Crippen LogP contribution is 2.33. The van der Waals surface area contributed by atoms with Gasteiger partial charge in [-0.2, -0.15) is 5.26 Å². The lowest BCUT2D eigenvalue weighted by Gasteiger charge is -2.03. The summed E-state index contributed by atoms with van der Waals surface area (Å²) in [4.78, 5) is 12.5. The van der Waals surface area contributed by atoms with Crippen LogP contribution in [-0.2, 0) is 0 Å². The predicted molar refractivity (Wildman–Crippen MR) is 83.5 cm³/mol. The van der Waals surface area contributed by atoms with E-state index in [9.17, 15) is 10.1 Å². The molecule has 0 aromatic heterocycles. The number of rotatable bonds is 4. The van der Waals surface area contributed by atoms with E-state index in [0.717, 1.165) is 5.56 Å². The molecule has 0 saturated carbocycles. The number of methoxy groups -OCH3 is 1. The molecule has 0 fully saturated rings. The van der Waals surface area contributed by atoms with E-state index in [1.807, 2.05) is 6.07 Å². The molecule has 1 aliphatic heterocycles. The molecule has 5 heteroatoms. The first kappa shape index (κ1) is 14.7. The third-order valence-electron chi connectivity index (χ3n) is 3.40. The van der Waals surface area contributed by atoms with Gasteiger partial charge in [-0.3, -0.25) is 4.79 Å². The second kappa shape index (κ2) is 6.24. The zero-order chi connectivity index (χ0) is 16.2. The summed E-state index contributed by atoms with van der Waals surface area (Å²) in [5.41, 5.74) is 1.14.